The fourth-order valence-electron chi connectivity index (χ4n) is 2.82. The molecule has 1 N–H and O–H groups in total. The van der Waals surface area contributed by atoms with E-state index in [1.807, 2.05) is 30.3 Å². The second kappa shape index (κ2) is 9.20. The van der Waals surface area contributed by atoms with Gasteiger partial charge in [0.15, 0.2) is 5.16 Å². The Morgan fingerprint density at radius 1 is 1.13 bits per heavy atom. The number of aromatic nitrogens is 3. The summed E-state index contributed by atoms with van der Waals surface area (Å²) in [6.45, 7) is 0. The molecule has 2 heterocycles. The maximum Gasteiger partial charge on any atom is 0.270 e. The van der Waals surface area contributed by atoms with Crippen molar-refractivity contribution >= 4 is 27.7 Å². The van der Waals surface area contributed by atoms with Crippen LogP contribution < -0.4 is 10.3 Å². The number of benzene rings is 2. The molecule has 0 saturated carbocycles. The maximum atomic E-state index is 12.4. The first-order chi connectivity index (χ1) is 15.1. The number of oxazole rings is 1. The van der Waals surface area contributed by atoms with E-state index in [9.17, 15) is 10.1 Å². The Hall–Kier alpha value is -3.35. The van der Waals surface area contributed by atoms with Crippen molar-refractivity contribution in [3.8, 4) is 34.5 Å². The molecule has 0 aliphatic rings. The monoisotopic (exact) mass is 494 g/mol. The number of H-pyrrole nitrogens is 1. The first-order valence-corrected chi connectivity index (χ1v) is 10.9. The third-order valence-corrected chi connectivity index (χ3v) is 5.81. The molecule has 0 spiro atoms. The molecule has 4 rings (SSSR count). The molecule has 0 fully saturated rings. The van der Waals surface area contributed by atoms with Gasteiger partial charge in [0.1, 0.15) is 23.6 Å². The van der Waals surface area contributed by atoms with Crippen LogP contribution in [0.5, 0.6) is 5.75 Å². The van der Waals surface area contributed by atoms with Gasteiger partial charge in [-0.3, -0.25) is 4.79 Å². The number of methoxy groups -OCH3 is 1. The van der Waals surface area contributed by atoms with E-state index in [0.29, 0.717) is 39.5 Å². The minimum atomic E-state index is -0.485. The molecule has 0 radical (unpaired) electrons. The highest BCUT2D eigenvalue weighted by Gasteiger charge is 2.15. The SMILES string of the molecule is COc1ccc(-c2nc(SCc3coc(-c4ccc(Br)cc4)n3)[nH]c(=O)c2C#N)cc1. The van der Waals surface area contributed by atoms with Crippen LogP contribution in [0.2, 0.25) is 0 Å². The van der Waals surface area contributed by atoms with E-state index >= 15 is 0 Å². The number of halogens is 1. The minimum Gasteiger partial charge on any atom is -0.497 e. The van der Waals surface area contributed by atoms with Crippen LogP contribution in [0.4, 0.5) is 0 Å². The molecule has 0 amide bonds. The van der Waals surface area contributed by atoms with Crippen LogP contribution in [0.1, 0.15) is 11.3 Å². The van der Waals surface area contributed by atoms with Crippen LogP contribution in [-0.4, -0.2) is 22.1 Å². The van der Waals surface area contributed by atoms with Crippen molar-refractivity contribution < 1.29 is 9.15 Å². The number of hydrogen-bond donors (Lipinski definition) is 1. The summed E-state index contributed by atoms with van der Waals surface area (Å²) >= 11 is 4.71. The van der Waals surface area contributed by atoms with Gasteiger partial charge in [0.2, 0.25) is 5.89 Å². The zero-order valence-corrected chi connectivity index (χ0v) is 18.7. The number of nitrogens with one attached hydrogen (secondary N) is 1. The van der Waals surface area contributed by atoms with Crippen molar-refractivity contribution in [2.75, 3.05) is 7.11 Å². The molecule has 0 unspecified atom stereocenters. The molecule has 154 valence electrons. The van der Waals surface area contributed by atoms with Crippen molar-refractivity contribution in [3.63, 3.8) is 0 Å². The van der Waals surface area contributed by atoms with Gasteiger partial charge in [0.05, 0.1) is 18.5 Å². The summed E-state index contributed by atoms with van der Waals surface area (Å²) in [6, 6.07) is 16.6. The van der Waals surface area contributed by atoms with Crippen LogP contribution in [0.15, 0.2) is 73.6 Å². The number of thioether (sulfide) groups is 1. The van der Waals surface area contributed by atoms with Crippen molar-refractivity contribution in [2.24, 2.45) is 0 Å². The van der Waals surface area contributed by atoms with E-state index in [0.717, 1.165) is 10.0 Å². The van der Waals surface area contributed by atoms with E-state index in [4.69, 9.17) is 9.15 Å². The third-order valence-electron chi connectivity index (χ3n) is 4.37. The van der Waals surface area contributed by atoms with Gasteiger partial charge in [0.25, 0.3) is 5.56 Å². The highest BCUT2D eigenvalue weighted by Crippen LogP contribution is 2.27. The lowest BCUT2D eigenvalue weighted by atomic mass is 10.1. The highest BCUT2D eigenvalue weighted by atomic mass is 79.9. The summed E-state index contributed by atoms with van der Waals surface area (Å²) in [7, 11) is 1.57. The van der Waals surface area contributed by atoms with Crippen LogP contribution in [0.3, 0.4) is 0 Å². The number of rotatable bonds is 6. The number of nitrogens with zero attached hydrogens (tertiary/aromatic N) is 3. The number of ether oxygens (including phenoxy) is 1. The predicted molar refractivity (Wildman–Crippen MR) is 121 cm³/mol. The summed E-state index contributed by atoms with van der Waals surface area (Å²) in [6.07, 6.45) is 1.58. The fourth-order valence-corrected chi connectivity index (χ4v) is 3.83. The van der Waals surface area contributed by atoms with Crippen molar-refractivity contribution in [2.45, 2.75) is 10.9 Å². The van der Waals surface area contributed by atoms with Gasteiger partial charge in [-0.15, -0.1) is 0 Å². The van der Waals surface area contributed by atoms with E-state index in [1.54, 1.807) is 37.6 Å². The number of aromatic amines is 1. The standard InChI is InChI=1S/C22H15BrN4O3S/c1-29-17-8-4-13(5-9-17)19-18(10-24)20(28)27-22(26-19)31-12-16-11-30-21(25-16)14-2-6-15(23)7-3-14/h2-9,11H,12H2,1H3,(H,26,27,28). The fraction of sp³-hybridized carbons (Fsp3) is 0.0909. The zero-order valence-electron chi connectivity index (χ0n) is 16.3. The van der Waals surface area contributed by atoms with E-state index in [1.165, 1.54) is 11.8 Å². The molecule has 0 saturated heterocycles. The Balaban J connectivity index is 1.56. The first kappa shape index (κ1) is 20.9. The quantitative estimate of drug-likeness (QED) is 0.296. The Labute approximate surface area is 190 Å². The minimum absolute atomic E-state index is 0.0338. The second-order valence-electron chi connectivity index (χ2n) is 6.37. The molecular weight excluding hydrogens is 480 g/mol. The molecule has 9 heteroatoms. The Kier molecular flexibility index (Phi) is 6.21. The lowest BCUT2D eigenvalue weighted by molar-refractivity contribution is 0.415. The summed E-state index contributed by atoms with van der Waals surface area (Å²) in [4.78, 5) is 24.1. The summed E-state index contributed by atoms with van der Waals surface area (Å²) in [5.74, 6) is 1.63. The molecule has 0 aliphatic heterocycles. The van der Waals surface area contributed by atoms with Gasteiger partial charge in [-0.05, 0) is 48.5 Å². The first-order valence-electron chi connectivity index (χ1n) is 9.09. The smallest absolute Gasteiger partial charge is 0.270 e. The molecule has 0 aliphatic carbocycles. The van der Waals surface area contributed by atoms with Crippen molar-refractivity contribution in [1.29, 1.82) is 5.26 Å². The summed E-state index contributed by atoms with van der Waals surface area (Å²) in [5, 5.41) is 9.81. The van der Waals surface area contributed by atoms with Gasteiger partial charge in [0, 0.05) is 21.4 Å². The third kappa shape index (κ3) is 4.71. The highest BCUT2D eigenvalue weighted by molar-refractivity contribution is 9.10. The Morgan fingerprint density at radius 2 is 1.84 bits per heavy atom. The molecule has 2 aromatic heterocycles. The van der Waals surface area contributed by atoms with E-state index in [2.05, 4.69) is 30.9 Å². The van der Waals surface area contributed by atoms with Crippen LogP contribution in [0.25, 0.3) is 22.7 Å². The molecule has 0 bridgehead atoms. The van der Waals surface area contributed by atoms with Crippen molar-refractivity contribution in [1.82, 2.24) is 15.0 Å². The largest absolute Gasteiger partial charge is 0.497 e. The lowest BCUT2D eigenvalue weighted by Crippen LogP contribution is -2.14. The molecule has 0 atom stereocenters. The summed E-state index contributed by atoms with van der Waals surface area (Å²) in [5.41, 5.74) is 2.04. The molecular formula is C22H15BrN4O3S. The maximum absolute atomic E-state index is 12.4. The zero-order chi connectivity index (χ0) is 21.8. The van der Waals surface area contributed by atoms with Gasteiger partial charge in [-0.25, -0.2) is 9.97 Å². The van der Waals surface area contributed by atoms with Crippen molar-refractivity contribution in [3.05, 3.63) is 80.9 Å². The number of hydrogen-bond acceptors (Lipinski definition) is 7. The Bertz CT molecular complexity index is 1310. The van der Waals surface area contributed by atoms with Gasteiger partial charge in [-0.1, -0.05) is 27.7 Å². The predicted octanol–water partition coefficient (Wildman–Crippen LogP) is 5.03. The van der Waals surface area contributed by atoms with E-state index < -0.39 is 5.56 Å². The van der Waals surface area contributed by atoms with Gasteiger partial charge >= 0.3 is 0 Å². The van der Waals surface area contributed by atoms with Gasteiger partial charge in [-0.2, -0.15) is 5.26 Å². The van der Waals surface area contributed by atoms with Crippen LogP contribution in [-0.2, 0) is 5.75 Å². The lowest BCUT2D eigenvalue weighted by Gasteiger charge is -2.07. The summed E-state index contributed by atoms with van der Waals surface area (Å²) < 4.78 is 11.7. The average molecular weight is 495 g/mol. The molecule has 31 heavy (non-hydrogen) atoms. The normalized spacial score (nSPS) is 10.6. The number of nitriles is 1. The van der Waals surface area contributed by atoms with Crippen LogP contribution >= 0.6 is 27.7 Å². The molecule has 4 aromatic rings. The van der Waals surface area contributed by atoms with E-state index in [-0.39, 0.29) is 5.56 Å². The molecule has 2 aromatic carbocycles. The topological polar surface area (TPSA) is 105 Å². The Morgan fingerprint density at radius 3 is 2.52 bits per heavy atom. The average Bonchev–Trinajstić information content (AvgIpc) is 3.27. The molecule has 7 nitrogen and oxygen atoms in total. The van der Waals surface area contributed by atoms with Gasteiger partial charge < -0.3 is 14.1 Å². The second-order valence-corrected chi connectivity index (χ2v) is 8.25. The van der Waals surface area contributed by atoms with Crippen LogP contribution in [0, 0.1) is 11.3 Å².